The van der Waals surface area contributed by atoms with Gasteiger partial charge in [-0.25, -0.2) is 9.97 Å². The van der Waals surface area contributed by atoms with Gasteiger partial charge in [0.1, 0.15) is 23.2 Å². The molecular weight excluding hydrogens is 394 g/mol. The zero-order valence-electron chi connectivity index (χ0n) is 17.2. The molecule has 6 rings (SSSR count). The molecule has 4 heterocycles. The van der Waals surface area contributed by atoms with Crippen molar-refractivity contribution in [1.82, 2.24) is 19.9 Å². The Morgan fingerprint density at radius 2 is 2.06 bits per heavy atom. The lowest BCUT2D eigenvalue weighted by Crippen LogP contribution is -2.25. The average Bonchev–Trinajstić information content (AvgIpc) is 3.17. The van der Waals surface area contributed by atoms with Crippen LogP contribution in [0.1, 0.15) is 37.8 Å². The third kappa shape index (κ3) is 3.22. The molecule has 1 aromatic carbocycles. The van der Waals surface area contributed by atoms with Gasteiger partial charge in [-0.1, -0.05) is 6.07 Å². The largest absolute Gasteiger partial charge is 0.488 e. The monoisotopic (exact) mass is 417 g/mol. The van der Waals surface area contributed by atoms with Gasteiger partial charge < -0.3 is 19.9 Å². The van der Waals surface area contributed by atoms with Crippen LogP contribution in [0.2, 0.25) is 0 Å². The predicted molar refractivity (Wildman–Crippen MR) is 115 cm³/mol. The lowest BCUT2D eigenvalue weighted by molar-refractivity contribution is -0.119. The summed E-state index contributed by atoms with van der Waals surface area (Å²) in [4.78, 5) is 32.7. The van der Waals surface area contributed by atoms with E-state index >= 15 is 0 Å². The maximum Gasteiger partial charge on any atom is 0.230 e. The second-order valence-electron chi connectivity index (χ2n) is 8.75. The molecule has 2 fully saturated rings. The van der Waals surface area contributed by atoms with E-state index in [1.165, 1.54) is 0 Å². The average molecular weight is 417 g/mol. The van der Waals surface area contributed by atoms with E-state index in [-0.39, 0.29) is 23.8 Å². The van der Waals surface area contributed by atoms with E-state index in [0.29, 0.717) is 31.2 Å². The Morgan fingerprint density at radius 3 is 2.84 bits per heavy atom. The van der Waals surface area contributed by atoms with Crippen molar-refractivity contribution in [2.24, 2.45) is 5.92 Å². The molecule has 0 bridgehead atoms. The number of fused-ring (bicyclic) bond motifs is 2. The van der Waals surface area contributed by atoms with Gasteiger partial charge in [-0.05, 0) is 38.0 Å². The normalized spacial score (nSPS) is 21.1. The Bertz CT molecular complexity index is 1230. The molecule has 8 heteroatoms. The molecule has 3 aromatic rings. The lowest BCUT2D eigenvalue weighted by Gasteiger charge is -2.21. The SMILES string of the molecule is CC(Oc1cc(-c2ccc3c(n2)NC(=O)C3)cc2ncn(C3CC3)c12)C1CNC(=O)C1. The fourth-order valence-corrected chi connectivity index (χ4v) is 4.51. The number of nitrogens with one attached hydrogen (secondary N) is 2. The molecule has 0 spiro atoms. The molecule has 1 saturated heterocycles. The number of aromatic nitrogens is 3. The van der Waals surface area contributed by atoms with Crippen LogP contribution < -0.4 is 15.4 Å². The highest BCUT2D eigenvalue weighted by molar-refractivity contribution is 5.98. The third-order valence-electron chi connectivity index (χ3n) is 6.44. The van der Waals surface area contributed by atoms with E-state index in [2.05, 4.69) is 25.2 Å². The maximum absolute atomic E-state index is 11.7. The summed E-state index contributed by atoms with van der Waals surface area (Å²) in [5.41, 5.74) is 4.42. The van der Waals surface area contributed by atoms with Crippen molar-refractivity contribution in [2.45, 2.75) is 44.8 Å². The fourth-order valence-electron chi connectivity index (χ4n) is 4.51. The minimum absolute atomic E-state index is 0.0316. The van der Waals surface area contributed by atoms with E-state index < -0.39 is 0 Å². The number of imidazole rings is 1. The predicted octanol–water partition coefficient (Wildman–Crippen LogP) is 2.83. The lowest BCUT2D eigenvalue weighted by atomic mass is 10.0. The highest BCUT2D eigenvalue weighted by Crippen LogP contribution is 2.41. The topological polar surface area (TPSA) is 98.1 Å². The summed E-state index contributed by atoms with van der Waals surface area (Å²) >= 11 is 0. The van der Waals surface area contributed by atoms with Crippen molar-refractivity contribution >= 4 is 28.7 Å². The van der Waals surface area contributed by atoms with Gasteiger partial charge in [-0.15, -0.1) is 0 Å². The summed E-state index contributed by atoms with van der Waals surface area (Å²) < 4.78 is 8.66. The highest BCUT2D eigenvalue weighted by atomic mass is 16.5. The molecule has 31 heavy (non-hydrogen) atoms. The number of ether oxygens (including phenoxy) is 1. The van der Waals surface area contributed by atoms with Gasteiger partial charge in [-0.3, -0.25) is 9.59 Å². The zero-order valence-corrected chi connectivity index (χ0v) is 17.2. The summed E-state index contributed by atoms with van der Waals surface area (Å²) in [5.74, 6) is 1.56. The zero-order chi connectivity index (χ0) is 21.1. The first kappa shape index (κ1) is 18.4. The van der Waals surface area contributed by atoms with Crippen LogP contribution in [0.5, 0.6) is 5.75 Å². The number of amides is 2. The van der Waals surface area contributed by atoms with Crippen LogP contribution in [-0.2, 0) is 16.0 Å². The summed E-state index contributed by atoms with van der Waals surface area (Å²) in [7, 11) is 0. The van der Waals surface area contributed by atoms with Gasteiger partial charge in [0.2, 0.25) is 11.8 Å². The van der Waals surface area contributed by atoms with Crippen molar-refractivity contribution < 1.29 is 14.3 Å². The van der Waals surface area contributed by atoms with Gasteiger partial charge in [0.25, 0.3) is 0 Å². The molecule has 8 nitrogen and oxygen atoms in total. The Hall–Kier alpha value is -3.42. The molecule has 1 aliphatic carbocycles. The minimum atomic E-state index is -0.118. The van der Waals surface area contributed by atoms with Crippen LogP contribution in [0.3, 0.4) is 0 Å². The Balaban J connectivity index is 1.41. The molecule has 158 valence electrons. The Labute approximate surface area is 179 Å². The summed E-state index contributed by atoms with van der Waals surface area (Å²) in [6, 6.07) is 8.39. The van der Waals surface area contributed by atoms with E-state index in [0.717, 1.165) is 46.4 Å². The van der Waals surface area contributed by atoms with Crippen molar-refractivity contribution in [3.05, 3.63) is 36.2 Å². The number of rotatable bonds is 5. The standard InChI is InChI=1S/C23H23N5O3/c1-12(15-9-20(29)24-10-15)31-19-7-14(6-18-22(19)28(11-25-18)16-3-4-16)17-5-2-13-8-21(30)27-23(13)26-17/h2,5-7,11-12,15-16H,3-4,8-10H2,1H3,(H,24,29)(H,26,27,30). The first-order valence-electron chi connectivity index (χ1n) is 10.8. The van der Waals surface area contributed by atoms with Crippen LogP contribution in [0.15, 0.2) is 30.6 Å². The van der Waals surface area contributed by atoms with Crippen LogP contribution in [0.4, 0.5) is 5.82 Å². The number of hydrogen-bond acceptors (Lipinski definition) is 5. The highest BCUT2D eigenvalue weighted by Gasteiger charge is 2.31. The van der Waals surface area contributed by atoms with Crippen LogP contribution in [0, 0.1) is 5.92 Å². The molecule has 2 unspecified atom stereocenters. The van der Waals surface area contributed by atoms with Gasteiger partial charge in [0.05, 0.1) is 24.0 Å². The van der Waals surface area contributed by atoms with Crippen molar-refractivity contribution in [3.63, 3.8) is 0 Å². The maximum atomic E-state index is 11.7. The molecular formula is C23H23N5O3. The van der Waals surface area contributed by atoms with Crippen LogP contribution in [0.25, 0.3) is 22.3 Å². The fraction of sp³-hybridized carbons (Fsp3) is 0.391. The minimum Gasteiger partial charge on any atom is -0.488 e. The molecule has 1 saturated carbocycles. The van der Waals surface area contributed by atoms with E-state index in [1.54, 1.807) is 0 Å². The molecule has 2 atom stereocenters. The molecule has 2 amide bonds. The van der Waals surface area contributed by atoms with Crippen LogP contribution in [-0.4, -0.2) is 39.0 Å². The van der Waals surface area contributed by atoms with E-state index in [1.807, 2.05) is 37.5 Å². The number of benzene rings is 1. The molecule has 2 N–H and O–H groups in total. The van der Waals surface area contributed by atoms with Crippen LogP contribution >= 0.6 is 0 Å². The van der Waals surface area contributed by atoms with Gasteiger partial charge >= 0.3 is 0 Å². The van der Waals surface area contributed by atoms with E-state index in [9.17, 15) is 9.59 Å². The molecule has 2 aliphatic heterocycles. The van der Waals surface area contributed by atoms with Gasteiger partial charge in [0, 0.05) is 36.1 Å². The summed E-state index contributed by atoms with van der Waals surface area (Å²) in [5, 5.41) is 5.71. The van der Waals surface area contributed by atoms with Gasteiger partial charge in [0.15, 0.2) is 0 Å². The number of anilines is 1. The van der Waals surface area contributed by atoms with Crippen molar-refractivity contribution in [2.75, 3.05) is 11.9 Å². The molecule has 0 radical (unpaired) electrons. The number of pyridine rings is 1. The number of hydrogen-bond donors (Lipinski definition) is 2. The van der Waals surface area contributed by atoms with Crippen molar-refractivity contribution in [1.29, 1.82) is 0 Å². The van der Waals surface area contributed by atoms with Gasteiger partial charge in [-0.2, -0.15) is 0 Å². The second kappa shape index (κ2) is 6.80. The third-order valence-corrected chi connectivity index (χ3v) is 6.44. The first-order valence-corrected chi connectivity index (χ1v) is 10.8. The number of carbonyl (C=O) groups excluding carboxylic acids is 2. The smallest absolute Gasteiger partial charge is 0.230 e. The number of carbonyl (C=O) groups is 2. The quantitative estimate of drug-likeness (QED) is 0.665. The molecule has 3 aliphatic rings. The van der Waals surface area contributed by atoms with E-state index in [4.69, 9.17) is 4.74 Å². The Kier molecular flexibility index (Phi) is 4.03. The first-order chi connectivity index (χ1) is 15.0. The second-order valence-corrected chi connectivity index (χ2v) is 8.75. The Morgan fingerprint density at radius 1 is 1.19 bits per heavy atom. The van der Waals surface area contributed by atoms with Crippen molar-refractivity contribution in [3.8, 4) is 17.0 Å². The summed E-state index contributed by atoms with van der Waals surface area (Å²) in [6.45, 7) is 2.65. The summed E-state index contributed by atoms with van der Waals surface area (Å²) in [6.07, 6.45) is 4.92. The molecule has 2 aromatic heterocycles. The number of nitrogens with zero attached hydrogens (tertiary/aromatic N) is 3.